The maximum Gasteiger partial charge on any atom is 0.226 e. The Kier molecular flexibility index (Phi) is 4.20. The van der Waals surface area contributed by atoms with Gasteiger partial charge < -0.3 is 10.0 Å². The molecule has 1 aromatic heterocycles. The second-order valence-electron chi connectivity index (χ2n) is 7.32. The minimum atomic E-state index is -0.160. The summed E-state index contributed by atoms with van der Waals surface area (Å²) < 4.78 is 0. The van der Waals surface area contributed by atoms with E-state index < -0.39 is 0 Å². The maximum absolute atomic E-state index is 12.7. The highest BCUT2D eigenvalue weighted by Gasteiger charge is 2.47. The molecule has 1 saturated heterocycles. The van der Waals surface area contributed by atoms with Gasteiger partial charge in [0.2, 0.25) is 5.91 Å². The first-order valence-corrected chi connectivity index (χ1v) is 9.72. The Morgan fingerprint density at radius 3 is 2.61 bits per heavy atom. The summed E-state index contributed by atoms with van der Waals surface area (Å²) in [5.74, 6) is 1.04. The maximum atomic E-state index is 12.7. The van der Waals surface area contributed by atoms with Crippen LogP contribution in [0.3, 0.4) is 0 Å². The number of nitrogens with zero attached hydrogens (tertiary/aromatic N) is 2. The van der Waals surface area contributed by atoms with Crippen LogP contribution in [0.15, 0.2) is 12.1 Å². The lowest BCUT2D eigenvalue weighted by molar-refractivity contribution is -0.135. The van der Waals surface area contributed by atoms with Crippen LogP contribution >= 0.6 is 11.3 Å². The molecule has 2 saturated carbocycles. The fourth-order valence-corrected chi connectivity index (χ4v) is 5.35. The molecule has 0 radical (unpaired) electrons. The van der Waals surface area contributed by atoms with Gasteiger partial charge in [-0.1, -0.05) is 0 Å². The van der Waals surface area contributed by atoms with Crippen molar-refractivity contribution in [1.82, 2.24) is 9.80 Å². The number of piperazine rings is 1. The Morgan fingerprint density at radius 2 is 2.00 bits per heavy atom. The molecule has 1 amide bonds. The van der Waals surface area contributed by atoms with Gasteiger partial charge in [-0.2, -0.15) is 0 Å². The SMILES string of the molecule is Cc1ccc(C2CC2C(=O)N2CCN(C3CCCC3O)CC2)s1. The van der Waals surface area contributed by atoms with Crippen molar-refractivity contribution in [2.45, 2.75) is 50.7 Å². The Hall–Kier alpha value is -0.910. The van der Waals surface area contributed by atoms with E-state index in [1.807, 2.05) is 11.3 Å². The van der Waals surface area contributed by atoms with Gasteiger partial charge in [0.05, 0.1) is 6.10 Å². The normalized spacial score (nSPS) is 34.8. The standard InChI is InChI=1S/C18H26N2O2S/c1-12-5-6-17(23-12)13-11-14(13)18(22)20-9-7-19(8-10-20)15-3-2-4-16(15)21/h5-6,13-16,21H,2-4,7-11H2,1H3. The molecular formula is C18H26N2O2S. The Balaban J connectivity index is 1.30. The number of rotatable bonds is 3. The summed E-state index contributed by atoms with van der Waals surface area (Å²) in [5.41, 5.74) is 0. The highest BCUT2D eigenvalue weighted by atomic mass is 32.1. The molecule has 3 aliphatic rings. The van der Waals surface area contributed by atoms with E-state index in [0.29, 0.717) is 17.9 Å². The molecule has 1 aliphatic heterocycles. The van der Waals surface area contributed by atoms with Crippen molar-refractivity contribution in [3.8, 4) is 0 Å². The van der Waals surface area contributed by atoms with E-state index in [1.165, 1.54) is 9.75 Å². The minimum absolute atomic E-state index is 0.160. The van der Waals surface area contributed by atoms with E-state index in [-0.39, 0.29) is 12.0 Å². The molecule has 126 valence electrons. The Labute approximate surface area is 142 Å². The first-order chi connectivity index (χ1) is 11.1. The molecule has 1 aromatic rings. The van der Waals surface area contributed by atoms with Crippen LogP contribution in [-0.2, 0) is 4.79 Å². The number of carbonyl (C=O) groups excluding carboxylic acids is 1. The summed E-state index contributed by atoms with van der Waals surface area (Å²) in [4.78, 5) is 19.9. The summed E-state index contributed by atoms with van der Waals surface area (Å²) >= 11 is 1.84. The zero-order valence-corrected chi connectivity index (χ0v) is 14.6. The van der Waals surface area contributed by atoms with E-state index in [2.05, 4.69) is 28.9 Å². The van der Waals surface area contributed by atoms with Crippen LogP contribution in [0.4, 0.5) is 0 Å². The molecule has 0 aromatic carbocycles. The van der Waals surface area contributed by atoms with Gasteiger partial charge in [0.25, 0.3) is 0 Å². The number of aliphatic hydroxyl groups is 1. The van der Waals surface area contributed by atoms with Gasteiger partial charge in [0.15, 0.2) is 0 Å². The number of amides is 1. The van der Waals surface area contributed by atoms with E-state index >= 15 is 0 Å². The van der Waals surface area contributed by atoms with Gasteiger partial charge in [-0.3, -0.25) is 9.69 Å². The summed E-state index contributed by atoms with van der Waals surface area (Å²) in [6.45, 7) is 5.62. The Morgan fingerprint density at radius 1 is 1.22 bits per heavy atom. The third kappa shape index (κ3) is 3.06. The van der Waals surface area contributed by atoms with Gasteiger partial charge in [-0.15, -0.1) is 11.3 Å². The van der Waals surface area contributed by atoms with Gasteiger partial charge in [0, 0.05) is 53.8 Å². The van der Waals surface area contributed by atoms with Gasteiger partial charge in [-0.25, -0.2) is 0 Å². The lowest BCUT2D eigenvalue weighted by Gasteiger charge is -2.39. The van der Waals surface area contributed by atoms with Crippen LogP contribution in [0.1, 0.15) is 41.4 Å². The number of carbonyl (C=O) groups is 1. The molecule has 4 nitrogen and oxygen atoms in total. The van der Waals surface area contributed by atoms with Crippen molar-refractivity contribution in [1.29, 1.82) is 0 Å². The molecule has 1 N–H and O–H groups in total. The van der Waals surface area contributed by atoms with Crippen LogP contribution in [0, 0.1) is 12.8 Å². The van der Waals surface area contributed by atoms with Crippen molar-refractivity contribution in [2.24, 2.45) is 5.92 Å². The summed E-state index contributed by atoms with van der Waals surface area (Å²) in [5, 5.41) is 10.1. The lowest BCUT2D eigenvalue weighted by atomic mass is 10.1. The zero-order chi connectivity index (χ0) is 16.0. The predicted octanol–water partition coefficient (Wildman–Crippen LogP) is 2.22. The largest absolute Gasteiger partial charge is 0.391 e. The minimum Gasteiger partial charge on any atom is -0.391 e. The van der Waals surface area contributed by atoms with Crippen molar-refractivity contribution >= 4 is 17.2 Å². The molecule has 23 heavy (non-hydrogen) atoms. The smallest absolute Gasteiger partial charge is 0.226 e. The number of hydrogen-bond donors (Lipinski definition) is 1. The Bertz CT molecular complexity index is 579. The van der Waals surface area contributed by atoms with Crippen LogP contribution in [0.5, 0.6) is 0 Å². The van der Waals surface area contributed by atoms with E-state index in [0.717, 1.165) is 51.9 Å². The van der Waals surface area contributed by atoms with Crippen LogP contribution in [-0.4, -0.2) is 59.1 Å². The molecule has 2 heterocycles. The van der Waals surface area contributed by atoms with Gasteiger partial charge in [-0.05, 0) is 44.7 Å². The van der Waals surface area contributed by atoms with E-state index in [4.69, 9.17) is 0 Å². The second kappa shape index (κ2) is 6.19. The summed E-state index contributed by atoms with van der Waals surface area (Å²) in [7, 11) is 0. The molecule has 0 spiro atoms. The highest BCUT2D eigenvalue weighted by Crippen LogP contribution is 2.50. The molecule has 2 aliphatic carbocycles. The van der Waals surface area contributed by atoms with Gasteiger partial charge >= 0.3 is 0 Å². The van der Waals surface area contributed by atoms with Crippen LogP contribution in [0.25, 0.3) is 0 Å². The fourth-order valence-electron chi connectivity index (χ4n) is 4.29. The van der Waals surface area contributed by atoms with E-state index in [9.17, 15) is 9.90 Å². The fraction of sp³-hybridized carbons (Fsp3) is 0.722. The first kappa shape index (κ1) is 15.6. The topological polar surface area (TPSA) is 43.8 Å². The lowest BCUT2D eigenvalue weighted by Crippen LogP contribution is -2.54. The molecule has 4 unspecified atom stereocenters. The van der Waals surface area contributed by atoms with Crippen molar-refractivity contribution in [2.75, 3.05) is 26.2 Å². The summed E-state index contributed by atoms with van der Waals surface area (Å²) in [6, 6.07) is 4.68. The first-order valence-electron chi connectivity index (χ1n) is 8.90. The molecule has 5 heteroatoms. The second-order valence-corrected chi connectivity index (χ2v) is 8.64. The number of aryl methyl sites for hydroxylation is 1. The van der Waals surface area contributed by atoms with Crippen molar-refractivity contribution < 1.29 is 9.90 Å². The number of aliphatic hydroxyl groups excluding tert-OH is 1. The zero-order valence-electron chi connectivity index (χ0n) is 13.8. The van der Waals surface area contributed by atoms with Gasteiger partial charge in [0.1, 0.15) is 0 Å². The van der Waals surface area contributed by atoms with Crippen LogP contribution < -0.4 is 0 Å². The third-order valence-corrected chi connectivity index (χ3v) is 6.91. The predicted molar refractivity (Wildman–Crippen MR) is 91.7 cm³/mol. The number of hydrogen-bond acceptors (Lipinski definition) is 4. The molecule has 4 rings (SSSR count). The molecule has 4 atom stereocenters. The monoisotopic (exact) mass is 334 g/mol. The number of thiophene rings is 1. The quantitative estimate of drug-likeness (QED) is 0.922. The average molecular weight is 334 g/mol. The summed E-state index contributed by atoms with van der Waals surface area (Å²) in [6.07, 6.45) is 4.05. The highest BCUT2D eigenvalue weighted by molar-refractivity contribution is 7.12. The van der Waals surface area contributed by atoms with Crippen LogP contribution in [0.2, 0.25) is 0 Å². The van der Waals surface area contributed by atoms with Crippen molar-refractivity contribution in [3.05, 3.63) is 21.9 Å². The van der Waals surface area contributed by atoms with E-state index in [1.54, 1.807) is 0 Å². The van der Waals surface area contributed by atoms with Crippen molar-refractivity contribution in [3.63, 3.8) is 0 Å². The third-order valence-electron chi connectivity index (χ3n) is 5.77. The molecule has 3 fully saturated rings. The molecular weight excluding hydrogens is 308 g/mol. The molecule has 0 bridgehead atoms. The average Bonchev–Trinajstić information content (AvgIpc) is 3.06.